The molecule has 6 nitrogen and oxygen atoms in total. The van der Waals surface area contributed by atoms with Crippen LogP contribution in [0.3, 0.4) is 0 Å². The molecule has 0 spiro atoms. The van der Waals surface area contributed by atoms with Crippen LogP contribution in [-0.2, 0) is 4.79 Å². The van der Waals surface area contributed by atoms with Gasteiger partial charge in [0, 0.05) is 23.2 Å². The van der Waals surface area contributed by atoms with E-state index in [1.54, 1.807) is 6.92 Å². The zero-order chi connectivity index (χ0) is 19.4. The van der Waals surface area contributed by atoms with Crippen molar-refractivity contribution in [2.75, 3.05) is 26.9 Å². The standard InChI is InChI=1S/C20H27N3O3S/c1-13(21)19(20(24)22-9-8-16-5-4-10-23(16)3)27-14(2)15-6-7-17-18(11-15)26-12-25-17/h6-7,11,16H,2,4-5,8-10,12,21H2,1,3H3,(H,22,24)/b19-13-. The molecule has 0 aliphatic carbocycles. The van der Waals surface area contributed by atoms with Gasteiger partial charge in [-0.05, 0) is 63.5 Å². The van der Waals surface area contributed by atoms with Gasteiger partial charge in [0.05, 0.1) is 4.91 Å². The Kier molecular flexibility index (Phi) is 6.34. The SMILES string of the molecule is C=C(S/C(C(=O)NCCC1CCCN1C)=C(/C)N)c1ccc2c(c1)OCO2. The minimum Gasteiger partial charge on any atom is -0.454 e. The van der Waals surface area contributed by atoms with E-state index in [-0.39, 0.29) is 12.7 Å². The maximum absolute atomic E-state index is 12.6. The molecule has 1 unspecified atom stereocenters. The molecule has 2 heterocycles. The fraction of sp³-hybridized carbons (Fsp3) is 0.450. The summed E-state index contributed by atoms with van der Waals surface area (Å²) >= 11 is 1.28. The van der Waals surface area contributed by atoms with Gasteiger partial charge in [0.1, 0.15) is 0 Å². The average molecular weight is 390 g/mol. The summed E-state index contributed by atoms with van der Waals surface area (Å²) in [6.07, 6.45) is 3.38. The molecule has 1 amide bonds. The number of ether oxygens (including phenoxy) is 2. The number of carbonyl (C=O) groups is 1. The summed E-state index contributed by atoms with van der Waals surface area (Å²) in [5.74, 6) is 1.26. The first-order valence-electron chi connectivity index (χ1n) is 9.17. The van der Waals surface area contributed by atoms with Gasteiger partial charge in [-0.15, -0.1) is 0 Å². The second kappa shape index (κ2) is 8.71. The van der Waals surface area contributed by atoms with Crippen LogP contribution in [0.1, 0.15) is 31.7 Å². The van der Waals surface area contributed by atoms with Gasteiger partial charge >= 0.3 is 0 Å². The molecule has 1 aromatic rings. The second-order valence-corrected chi connectivity index (χ2v) is 8.03. The van der Waals surface area contributed by atoms with E-state index in [9.17, 15) is 4.79 Å². The monoisotopic (exact) mass is 389 g/mol. The van der Waals surface area contributed by atoms with Crippen molar-refractivity contribution in [1.82, 2.24) is 10.2 Å². The maximum Gasteiger partial charge on any atom is 0.259 e. The summed E-state index contributed by atoms with van der Waals surface area (Å²) in [7, 11) is 2.14. The van der Waals surface area contributed by atoms with E-state index >= 15 is 0 Å². The maximum atomic E-state index is 12.6. The van der Waals surface area contributed by atoms with Crippen molar-refractivity contribution in [3.63, 3.8) is 0 Å². The third-order valence-electron chi connectivity index (χ3n) is 4.92. The highest BCUT2D eigenvalue weighted by Gasteiger charge is 2.22. The van der Waals surface area contributed by atoms with E-state index in [0.29, 0.717) is 28.9 Å². The third kappa shape index (κ3) is 4.78. The smallest absolute Gasteiger partial charge is 0.259 e. The van der Waals surface area contributed by atoms with Gasteiger partial charge in [-0.2, -0.15) is 0 Å². The molecular weight excluding hydrogens is 362 g/mol. The zero-order valence-corrected chi connectivity index (χ0v) is 16.7. The fourth-order valence-corrected chi connectivity index (χ4v) is 4.15. The number of allylic oxidation sites excluding steroid dienone is 1. The van der Waals surface area contributed by atoms with Gasteiger partial charge in [-0.25, -0.2) is 0 Å². The van der Waals surface area contributed by atoms with Gasteiger partial charge in [0.25, 0.3) is 5.91 Å². The lowest BCUT2D eigenvalue weighted by atomic mass is 10.1. The number of likely N-dealkylation sites (tertiary alicyclic amines) is 1. The van der Waals surface area contributed by atoms with E-state index in [1.165, 1.54) is 24.6 Å². The molecule has 2 aliphatic heterocycles. The number of thioether (sulfide) groups is 1. The Morgan fingerprint density at radius 2 is 2.19 bits per heavy atom. The lowest BCUT2D eigenvalue weighted by Gasteiger charge is -2.19. The summed E-state index contributed by atoms with van der Waals surface area (Å²) in [6, 6.07) is 6.17. The van der Waals surface area contributed by atoms with Gasteiger partial charge in [0.15, 0.2) is 11.5 Å². The predicted molar refractivity (Wildman–Crippen MR) is 109 cm³/mol. The van der Waals surface area contributed by atoms with E-state index < -0.39 is 0 Å². The van der Waals surface area contributed by atoms with Gasteiger partial charge in [0.2, 0.25) is 6.79 Å². The highest BCUT2D eigenvalue weighted by Crippen LogP contribution is 2.39. The van der Waals surface area contributed by atoms with Crippen LogP contribution in [0.4, 0.5) is 0 Å². The zero-order valence-electron chi connectivity index (χ0n) is 15.9. The number of amides is 1. The summed E-state index contributed by atoms with van der Waals surface area (Å²) in [6.45, 7) is 7.84. The average Bonchev–Trinajstić information content (AvgIpc) is 3.27. The largest absolute Gasteiger partial charge is 0.454 e. The van der Waals surface area contributed by atoms with Crippen molar-refractivity contribution < 1.29 is 14.3 Å². The van der Waals surface area contributed by atoms with Crippen molar-refractivity contribution >= 4 is 22.6 Å². The molecule has 1 atom stereocenters. The van der Waals surface area contributed by atoms with Gasteiger partial charge in [-0.3, -0.25) is 4.79 Å². The van der Waals surface area contributed by atoms with E-state index in [4.69, 9.17) is 15.2 Å². The number of carbonyl (C=O) groups excluding carboxylic acids is 1. The van der Waals surface area contributed by atoms with Crippen LogP contribution in [0.15, 0.2) is 35.4 Å². The van der Waals surface area contributed by atoms with Crippen LogP contribution in [0.25, 0.3) is 4.91 Å². The number of nitrogens with one attached hydrogen (secondary N) is 1. The van der Waals surface area contributed by atoms with Gasteiger partial charge in [-0.1, -0.05) is 18.3 Å². The van der Waals surface area contributed by atoms with Crippen molar-refractivity contribution in [2.45, 2.75) is 32.2 Å². The Bertz CT molecular complexity index is 759. The molecule has 0 bridgehead atoms. The molecule has 1 fully saturated rings. The molecule has 7 heteroatoms. The number of benzene rings is 1. The van der Waals surface area contributed by atoms with E-state index in [0.717, 1.165) is 29.2 Å². The molecule has 1 aromatic carbocycles. The number of rotatable bonds is 7. The van der Waals surface area contributed by atoms with Crippen LogP contribution in [0.2, 0.25) is 0 Å². The molecule has 3 rings (SSSR count). The lowest BCUT2D eigenvalue weighted by Crippen LogP contribution is -2.32. The number of nitrogens with zero attached hydrogens (tertiary/aromatic N) is 1. The van der Waals surface area contributed by atoms with E-state index in [2.05, 4.69) is 23.8 Å². The normalized spacial score (nSPS) is 19.7. The number of nitrogens with two attached hydrogens (primary N) is 1. The lowest BCUT2D eigenvalue weighted by molar-refractivity contribution is -0.116. The Morgan fingerprint density at radius 3 is 2.89 bits per heavy atom. The highest BCUT2D eigenvalue weighted by atomic mass is 32.2. The van der Waals surface area contributed by atoms with Crippen molar-refractivity contribution in [3.05, 3.63) is 40.9 Å². The minimum absolute atomic E-state index is 0.150. The first kappa shape index (κ1) is 19.6. The van der Waals surface area contributed by atoms with Gasteiger partial charge < -0.3 is 25.4 Å². The Balaban J connectivity index is 1.57. The quantitative estimate of drug-likeness (QED) is 0.699. The second-order valence-electron chi connectivity index (χ2n) is 6.93. The summed E-state index contributed by atoms with van der Waals surface area (Å²) in [5, 5.41) is 3.00. The van der Waals surface area contributed by atoms with Crippen molar-refractivity contribution in [1.29, 1.82) is 0 Å². The van der Waals surface area contributed by atoms with Crippen LogP contribution in [0, 0.1) is 0 Å². The molecule has 0 radical (unpaired) electrons. The molecule has 27 heavy (non-hydrogen) atoms. The summed E-state index contributed by atoms with van der Waals surface area (Å²) < 4.78 is 10.7. The third-order valence-corrected chi connectivity index (χ3v) is 6.11. The number of fused-ring (bicyclic) bond motifs is 1. The molecular formula is C20H27N3O3S. The first-order valence-corrected chi connectivity index (χ1v) is 9.99. The van der Waals surface area contributed by atoms with E-state index in [1.807, 2.05) is 18.2 Å². The summed E-state index contributed by atoms with van der Waals surface area (Å²) in [4.78, 5) is 16.2. The Hall–Kier alpha value is -2.12. The summed E-state index contributed by atoms with van der Waals surface area (Å²) in [5.41, 5.74) is 7.34. The Morgan fingerprint density at radius 1 is 1.41 bits per heavy atom. The molecule has 0 aromatic heterocycles. The molecule has 2 aliphatic rings. The number of hydrogen-bond acceptors (Lipinski definition) is 6. The predicted octanol–water partition coefficient (Wildman–Crippen LogP) is 2.91. The molecule has 146 valence electrons. The molecule has 1 saturated heterocycles. The van der Waals surface area contributed by atoms with Crippen molar-refractivity contribution in [3.8, 4) is 11.5 Å². The van der Waals surface area contributed by atoms with Crippen LogP contribution in [-0.4, -0.2) is 43.8 Å². The highest BCUT2D eigenvalue weighted by molar-refractivity contribution is 8.12. The first-order chi connectivity index (χ1) is 13.0. The minimum atomic E-state index is -0.150. The fourth-order valence-electron chi connectivity index (χ4n) is 3.33. The molecule has 3 N–H and O–H groups in total. The van der Waals surface area contributed by atoms with Crippen LogP contribution >= 0.6 is 11.8 Å². The topological polar surface area (TPSA) is 76.8 Å². The van der Waals surface area contributed by atoms with Crippen molar-refractivity contribution in [2.24, 2.45) is 5.73 Å². The number of hydrogen-bond donors (Lipinski definition) is 2. The Labute approximate surface area is 164 Å². The van der Waals surface area contributed by atoms with Crippen LogP contribution in [0.5, 0.6) is 11.5 Å². The molecule has 0 saturated carbocycles. The van der Waals surface area contributed by atoms with Crippen LogP contribution < -0.4 is 20.5 Å².